The zero-order valence-electron chi connectivity index (χ0n) is 17.7. The van der Waals surface area contributed by atoms with Gasteiger partial charge in [0.25, 0.3) is 11.4 Å². The van der Waals surface area contributed by atoms with Gasteiger partial charge in [-0.3, -0.25) is 20.2 Å². The zero-order valence-corrected chi connectivity index (χ0v) is 17.7. The van der Waals surface area contributed by atoms with Crippen molar-refractivity contribution in [3.05, 3.63) is 67.8 Å². The van der Waals surface area contributed by atoms with Crippen molar-refractivity contribution in [3.8, 4) is 0 Å². The van der Waals surface area contributed by atoms with Gasteiger partial charge in [0.2, 0.25) is 0 Å². The number of nitro groups is 2. The molecule has 9 nitrogen and oxygen atoms in total. The largest absolute Gasteiger partial charge is 0.385 e. The van der Waals surface area contributed by atoms with E-state index in [0.717, 1.165) is 50.4 Å². The van der Waals surface area contributed by atoms with Crippen LogP contribution in [0.4, 0.5) is 22.7 Å². The third kappa shape index (κ3) is 7.00. The van der Waals surface area contributed by atoms with Crippen LogP contribution < -0.4 is 10.6 Å². The first-order valence-corrected chi connectivity index (χ1v) is 9.94. The summed E-state index contributed by atoms with van der Waals surface area (Å²) in [7, 11) is 2.08. The molecule has 0 aliphatic carbocycles. The molecule has 0 saturated heterocycles. The maximum absolute atomic E-state index is 10.9. The lowest BCUT2D eigenvalue weighted by atomic mass is 10.2. The molecular formula is C21H29N5O4. The first-order chi connectivity index (χ1) is 14.3. The van der Waals surface area contributed by atoms with Crippen LogP contribution in [0, 0.1) is 34.1 Å². The predicted molar refractivity (Wildman–Crippen MR) is 119 cm³/mol. The molecule has 0 unspecified atom stereocenters. The molecule has 0 saturated carbocycles. The Morgan fingerprint density at radius 2 is 1.20 bits per heavy atom. The van der Waals surface area contributed by atoms with Gasteiger partial charge in [0, 0.05) is 47.7 Å². The summed E-state index contributed by atoms with van der Waals surface area (Å²) < 4.78 is 0. The molecule has 2 aromatic carbocycles. The highest BCUT2D eigenvalue weighted by atomic mass is 16.6. The molecule has 2 N–H and O–H groups in total. The van der Waals surface area contributed by atoms with Crippen LogP contribution in [0.15, 0.2) is 36.4 Å². The molecule has 9 heteroatoms. The molecule has 0 aromatic heterocycles. The molecule has 0 spiro atoms. The molecule has 0 amide bonds. The van der Waals surface area contributed by atoms with Gasteiger partial charge < -0.3 is 15.5 Å². The van der Waals surface area contributed by atoms with Crippen LogP contribution in [0.3, 0.4) is 0 Å². The van der Waals surface area contributed by atoms with Crippen LogP contribution in [-0.4, -0.2) is 48.0 Å². The van der Waals surface area contributed by atoms with Crippen LogP contribution in [-0.2, 0) is 0 Å². The normalized spacial score (nSPS) is 10.8. The van der Waals surface area contributed by atoms with Gasteiger partial charge in [-0.15, -0.1) is 0 Å². The second-order valence-corrected chi connectivity index (χ2v) is 7.38. The minimum Gasteiger partial charge on any atom is -0.385 e. The highest BCUT2D eigenvalue weighted by molar-refractivity contribution is 5.54. The molecule has 0 heterocycles. The Balaban J connectivity index is 1.62. The summed E-state index contributed by atoms with van der Waals surface area (Å²) in [5, 5.41) is 28.3. The van der Waals surface area contributed by atoms with Crippen molar-refractivity contribution in [1.29, 1.82) is 0 Å². The molecule has 0 bridgehead atoms. The van der Waals surface area contributed by atoms with Crippen molar-refractivity contribution in [1.82, 2.24) is 4.90 Å². The number of nitrogens with one attached hydrogen (secondary N) is 2. The van der Waals surface area contributed by atoms with E-state index < -0.39 is 0 Å². The molecule has 2 rings (SSSR count). The van der Waals surface area contributed by atoms with E-state index >= 15 is 0 Å². The summed E-state index contributed by atoms with van der Waals surface area (Å²) in [4.78, 5) is 23.2. The molecule has 30 heavy (non-hydrogen) atoms. The van der Waals surface area contributed by atoms with Crippen LogP contribution in [0.2, 0.25) is 0 Å². The van der Waals surface area contributed by atoms with E-state index in [2.05, 4.69) is 22.6 Å². The maximum atomic E-state index is 10.9. The summed E-state index contributed by atoms with van der Waals surface area (Å²) in [5.74, 6) is 0. The standard InChI is InChI=1S/C21H29N5O4/c1-16-14-18(6-8-20(16)25(27)28)22-10-4-12-24(3)13-5-11-23-19-7-9-21(26(29)30)17(2)15-19/h6-9,14-15,22-23H,4-5,10-13H2,1-3H3. The number of rotatable bonds is 12. The topological polar surface area (TPSA) is 114 Å². The average Bonchev–Trinajstić information content (AvgIpc) is 2.68. The first-order valence-electron chi connectivity index (χ1n) is 9.94. The molecule has 0 fully saturated rings. The van der Waals surface area contributed by atoms with Gasteiger partial charge in [0.1, 0.15) is 0 Å². The van der Waals surface area contributed by atoms with E-state index in [4.69, 9.17) is 0 Å². The van der Waals surface area contributed by atoms with E-state index in [1.54, 1.807) is 38.1 Å². The number of anilines is 2. The maximum Gasteiger partial charge on any atom is 0.272 e. The van der Waals surface area contributed by atoms with Gasteiger partial charge in [-0.2, -0.15) is 0 Å². The number of nitrogens with zero attached hydrogens (tertiary/aromatic N) is 3. The minimum atomic E-state index is -0.369. The van der Waals surface area contributed by atoms with E-state index in [1.807, 2.05) is 0 Å². The number of nitro benzene ring substituents is 2. The van der Waals surface area contributed by atoms with Crippen LogP contribution in [0.5, 0.6) is 0 Å². The zero-order chi connectivity index (χ0) is 22.1. The van der Waals surface area contributed by atoms with Crippen molar-refractivity contribution in [3.63, 3.8) is 0 Å². The number of hydrogen-bond acceptors (Lipinski definition) is 7. The molecule has 0 aliphatic rings. The summed E-state index contributed by atoms with van der Waals surface area (Å²) in [6.45, 7) is 6.95. The summed E-state index contributed by atoms with van der Waals surface area (Å²) in [6.07, 6.45) is 1.92. The van der Waals surface area contributed by atoms with E-state index in [1.165, 1.54) is 12.1 Å². The van der Waals surface area contributed by atoms with Crippen molar-refractivity contribution >= 4 is 22.7 Å². The Morgan fingerprint density at radius 3 is 1.53 bits per heavy atom. The first kappa shape index (κ1) is 23.1. The van der Waals surface area contributed by atoms with E-state index in [0.29, 0.717) is 11.1 Å². The third-order valence-corrected chi connectivity index (χ3v) is 4.88. The van der Waals surface area contributed by atoms with Gasteiger partial charge in [0.15, 0.2) is 0 Å². The molecular weight excluding hydrogens is 386 g/mol. The molecule has 0 radical (unpaired) electrons. The lowest BCUT2D eigenvalue weighted by Crippen LogP contribution is -2.24. The van der Waals surface area contributed by atoms with Gasteiger partial charge in [-0.25, -0.2) is 0 Å². The van der Waals surface area contributed by atoms with Gasteiger partial charge in [-0.1, -0.05) is 0 Å². The van der Waals surface area contributed by atoms with Crippen molar-refractivity contribution in [2.24, 2.45) is 0 Å². The molecule has 162 valence electrons. The Bertz CT molecular complexity index is 816. The smallest absolute Gasteiger partial charge is 0.272 e. The summed E-state index contributed by atoms with van der Waals surface area (Å²) >= 11 is 0. The van der Waals surface area contributed by atoms with E-state index in [9.17, 15) is 20.2 Å². The second kappa shape index (κ2) is 11.1. The van der Waals surface area contributed by atoms with Crippen molar-refractivity contribution in [2.45, 2.75) is 26.7 Å². The highest BCUT2D eigenvalue weighted by Gasteiger charge is 2.11. The van der Waals surface area contributed by atoms with Gasteiger partial charge >= 0.3 is 0 Å². The Labute approximate surface area is 176 Å². The quantitative estimate of drug-likeness (QED) is 0.301. The minimum absolute atomic E-state index is 0.137. The fourth-order valence-electron chi connectivity index (χ4n) is 3.22. The van der Waals surface area contributed by atoms with Crippen molar-refractivity contribution in [2.75, 3.05) is 43.9 Å². The summed E-state index contributed by atoms with van der Waals surface area (Å²) in [5.41, 5.74) is 3.36. The Morgan fingerprint density at radius 1 is 0.800 bits per heavy atom. The number of aryl methyl sites for hydroxylation is 2. The summed E-state index contributed by atoms with van der Waals surface area (Å²) in [6, 6.07) is 10.1. The molecule has 0 aliphatic heterocycles. The number of hydrogen-bond donors (Lipinski definition) is 2. The third-order valence-electron chi connectivity index (χ3n) is 4.88. The lowest BCUT2D eigenvalue weighted by Gasteiger charge is -2.17. The lowest BCUT2D eigenvalue weighted by molar-refractivity contribution is -0.385. The Hall–Kier alpha value is -3.20. The predicted octanol–water partition coefficient (Wildman–Crippen LogP) is 4.36. The van der Waals surface area contributed by atoms with Crippen LogP contribution in [0.1, 0.15) is 24.0 Å². The average molecular weight is 415 g/mol. The molecule has 0 atom stereocenters. The Kier molecular flexibility index (Phi) is 8.54. The van der Waals surface area contributed by atoms with Crippen molar-refractivity contribution < 1.29 is 9.85 Å². The highest BCUT2D eigenvalue weighted by Crippen LogP contribution is 2.22. The SMILES string of the molecule is Cc1cc(NCCCN(C)CCCNc2ccc([N+](=O)[O-])c(C)c2)ccc1[N+](=O)[O-]. The fraction of sp³-hybridized carbons (Fsp3) is 0.429. The van der Waals surface area contributed by atoms with Gasteiger partial charge in [0.05, 0.1) is 9.85 Å². The van der Waals surface area contributed by atoms with E-state index in [-0.39, 0.29) is 21.2 Å². The van der Waals surface area contributed by atoms with Crippen LogP contribution >= 0.6 is 0 Å². The second-order valence-electron chi connectivity index (χ2n) is 7.38. The van der Waals surface area contributed by atoms with Gasteiger partial charge in [-0.05, 0) is 71.1 Å². The fourth-order valence-corrected chi connectivity index (χ4v) is 3.22. The monoisotopic (exact) mass is 415 g/mol. The number of benzene rings is 2. The molecule has 2 aromatic rings. The van der Waals surface area contributed by atoms with Crippen LogP contribution in [0.25, 0.3) is 0 Å².